The molecular weight excluding hydrogens is 255 g/mol. The Morgan fingerprint density at radius 3 is 2.53 bits per heavy atom. The first-order valence-corrected chi connectivity index (χ1v) is 5.25. The molecular formula is C13H8F3N3. The van der Waals surface area contributed by atoms with E-state index in [-0.39, 0.29) is 11.1 Å². The quantitative estimate of drug-likeness (QED) is 0.803. The van der Waals surface area contributed by atoms with Gasteiger partial charge in [-0.05, 0) is 35.4 Å². The van der Waals surface area contributed by atoms with Crippen LogP contribution in [0.25, 0.3) is 11.1 Å². The summed E-state index contributed by atoms with van der Waals surface area (Å²) in [6, 6.07) is 8.71. The summed E-state index contributed by atoms with van der Waals surface area (Å²) in [4.78, 5) is 3.28. The smallest absolute Gasteiger partial charge is 0.399 e. The summed E-state index contributed by atoms with van der Waals surface area (Å²) in [5.41, 5.74) is 5.81. The molecule has 1 aromatic heterocycles. The first-order chi connectivity index (χ1) is 8.91. The molecule has 0 fully saturated rings. The maximum absolute atomic E-state index is 12.6. The number of nitriles is 1. The van der Waals surface area contributed by atoms with E-state index in [1.165, 1.54) is 24.3 Å². The van der Waals surface area contributed by atoms with Crippen molar-refractivity contribution in [2.75, 3.05) is 5.73 Å². The third-order valence-electron chi connectivity index (χ3n) is 2.53. The number of nitrogen functional groups attached to an aromatic ring is 1. The molecule has 2 N–H and O–H groups in total. The molecule has 0 saturated heterocycles. The van der Waals surface area contributed by atoms with Gasteiger partial charge in [0.25, 0.3) is 0 Å². The molecule has 96 valence electrons. The van der Waals surface area contributed by atoms with Crippen LogP contribution in [0.1, 0.15) is 11.3 Å². The van der Waals surface area contributed by atoms with Gasteiger partial charge in [0.2, 0.25) is 0 Å². The number of rotatable bonds is 1. The Morgan fingerprint density at radius 1 is 1.16 bits per heavy atom. The zero-order valence-electron chi connectivity index (χ0n) is 9.57. The molecule has 0 saturated carbocycles. The van der Waals surface area contributed by atoms with Crippen molar-refractivity contribution in [1.29, 1.82) is 5.26 Å². The van der Waals surface area contributed by atoms with Gasteiger partial charge in [0.15, 0.2) is 0 Å². The van der Waals surface area contributed by atoms with Crippen molar-refractivity contribution in [2.24, 2.45) is 0 Å². The summed E-state index contributed by atoms with van der Waals surface area (Å²) in [7, 11) is 0. The number of hydrogen-bond acceptors (Lipinski definition) is 3. The first kappa shape index (κ1) is 12.9. The largest absolute Gasteiger partial charge is 0.433 e. The predicted octanol–water partition coefficient (Wildman–Crippen LogP) is 3.22. The van der Waals surface area contributed by atoms with Crippen molar-refractivity contribution < 1.29 is 13.2 Å². The average molecular weight is 263 g/mol. The maximum atomic E-state index is 12.6. The lowest BCUT2D eigenvalue weighted by molar-refractivity contribution is -0.141. The van der Waals surface area contributed by atoms with Crippen LogP contribution in [0.15, 0.2) is 36.5 Å². The molecule has 0 aliphatic carbocycles. The second kappa shape index (κ2) is 4.61. The van der Waals surface area contributed by atoms with Crippen LogP contribution in [0, 0.1) is 11.3 Å². The highest BCUT2D eigenvalue weighted by Gasteiger charge is 2.32. The van der Waals surface area contributed by atoms with Gasteiger partial charge < -0.3 is 5.73 Å². The van der Waals surface area contributed by atoms with Crippen LogP contribution in [-0.2, 0) is 6.18 Å². The number of hydrogen-bond donors (Lipinski definition) is 1. The monoisotopic (exact) mass is 263 g/mol. The Morgan fingerprint density at radius 2 is 1.89 bits per heavy atom. The van der Waals surface area contributed by atoms with Gasteiger partial charge >= 0.3 is 6.18 Å². The predicted molar refractivity (Wildman–Crippen MR) is 63.8 cm³/mol. The van der Waals surface area contributed by atoms with E-state index in [4.69, 9.17) is 11.0 Å². The highest BCUT2D eigenvalue weighted by molar-refractivity contribution is 5.73. The normalized spacial score (nSPS) is 11.1. The van der Waals surface area contributed by atoms with Gasteiger partial charge in [0.05, 0.1) is 11.6 Å². The molecule has 0 atom stereocenters. The molecule has 0 aliphatic heterocycles. The lowest BCUT2D eigenvalue weighted by Gasteiger charge is -2.09. The van der Waals surface area contributed by atoms with Crippen molar-refractivity contribution in [1.82, 2.24) is 4.98 Å². The maximum Gasteiger partial charge on any atom is 0.433 e. The Balaban J connectivity index is 2.58. The van der Waals surface area contributed by atoms with Crippen LogP contribution < -0.4 is 5.73 Å². The van der Waals surface area contributed by atoms with Crippen molar-refractivity contribution in [3.8, 4) is 17.2 Å². The molecule has 6 heteroatoms. The van der Waals surface area contributed by atoms with Crippen LogP contribution in [0.2, 0.25) is 0 Å². The van der Waals surface area contributed by atoms with Crippen LogP contribution in [-0.4, -0.2) is 4.98 Å². The Bertz CT molecular complexity index is 657. The number of nitrogens with two attached hydrogens (primary N) is 1. The van der Waals surface area contributed by atoms with E-state index in [1.807, 2.05) is 6.07 Å². The van der Waals surface area contributed by atoms with Gasteiger partial charge in [0, 0.05) is 11.9 Å². The van der Waals surface area contributed by atoms with Gasteiger partial charge in [-0.15, -0.1) is 0 Å². The standard InChI is InChI=1S/C13H8F3N3/c14-13(15,16)12-6-8(3-4-19-12)11-2-1-10(18)5-9(11)7-17/h1-6H,18H2. The van der Waals surface area contributed by atoms with Crippen molar-refractivity contribution >= 4 is 5.69 Å². The summed E-state index contributed by atoms with van der Waals surface area (Å²) < 4.78 is 37.7. The number of aromatic nitrogens is 1. The minimum Gasteiger partial charge on any atom is -0.399 e. The van der Waals surface area contributed by atoms with Crippen molar-refractivity contribution in [3.05, 3.63) is 47.8 Å². The molecule has 2 rings (SSSR count). The lowest BCUT2D eigenvalue weighted by atomic mass is 10.00. The zero-order valence-corrected chi connectivity index (χ0v) is 9.57. The number of pyridine rings is 1. The molecule has 0 radical (unpaired) electrons. The summed E-state index contributed by atoms with van der Waals surface area (Å²) >= 11 is 0. The summed E-state index contributed by atoms with van der Waals surface area (Å²) in [5, 5.41) is 8.99. The molecule has 0 aliphatic rings. The summed E-state index contributed by atoms with van der Waals surface area (Å²) in [6.07, 6.45) is -3.45. The highest BCUT2D eigenvalue weighted by atomic mass is 19.4. The SMILES string of the molecule is N#Cc1cc(N)ccc1-c1ccnc(C(F)(F)F)c1. The number of nitrogens with zero attached hydrogens (tertiary/aromatic N) is 2. The fourth-order valence-electron chi connectivity index (χ4n) is 1.66. The third kappa shape index (κ3) is 2.65. The molecule has 1 heterocycles. The highest BCUT2D eigenvalue weighted by Crippen LogP contribution is 2.31. The number of anilines is 1. The van der Waals surface area contributed by atoms with E-state index in [9.17, 15) is 13.2 Å². The van der Waals surface area contributed by atoms with Gasteiger partial charge in [-0.3, -0.25) is 4.98 Å². The molecule has 1 aromatic carbocycles. The molecule has 0 spiro atoms. The van der Waals surface area contributed by atoms with Gasteiger partial charge in [0.1, 0.15) is 5.69 Å². The van der Waals surface area contributed by atoms with Crippen molar-refractivity contribution in [2.45, 2.75) is 6.18 Å². The van der Waals surface area contributed by atoms with E-state index in [1.54, 1.807) is 0 Å². The molecule has 19 heavy (non-hydrogen) atoms. The van der Waals surface area contributed by atoms with Crippen LogP contribution in [0.3, 0.4) is 0 Å². The van der Waals surface area contributed by atoms with Crippen molar-refractivity contribution in [3.63, 3.8) is 0 Å². The van der Waals surface area contributed by atoms with E-state index in [2.05, 4.69) is 4.98 Å². The lowest BCUT2D eigenvalue weighted by Crippen LogP contribution is -2.07. The molecule has 0 unspecified atom stereocenters. The number of benzene rings is 1. The second-order valence-electron chi connectivity index (χ2n) is 3.84. The summed E-state index contributed by atoms with van der Waals surface area (Å²) in [6.45, 7) is 0. The fraction of sp³-hybridized carbons (Fsp3) is 0.0769. The molecule has 0 bridgehead atoms. The Labute approximate surface area is 107 Å². The van der Waals surface area contributed by atoms with Crippen LogP contribution >= 0.6 is 0 Å². The minimum atomic E-state index is -4.52. The zero-order chi connectivity index (χ0) is 14.0. The fourth-order valence-corrected chi connectivity index (χ4v) is 1.66. The van der Waals surface area contributed by atoms with Crippen LogP contribution in [0.5, 0.6) is 0 Å². The molecule has 3 nitrogen and oxygen atoms in total. The summed E-state index contributed by atoms with van der Waals surface area (Å²) in [5.74, 6) is 0. The molecule has 2 aromatic rings. The van der Waals surface area contributed by atoms with E-state index >= 15 is 0 Å². The van der Waals surface area contributed by atoms with E-state index in [0.717, 1.165) is 12.3 Å². The second-order valence-corrected chi connectivity index (χ2v) is 3.84. The van der Waals surface area contributed by atoms with E-state index < -0.39 is 11.9 Å². The van der Waals surface area contributed by atoms with Gasteiger partial charge in [-0.25, -0.2) is 0 Å². The first-order valence-electron chi connectivity index (χ1n) is 5.25. The van der Waals surface area contributed by atoms with Gasteiger partial charge in [-0.2, -0.15) is 18.4 Å². The Hall–Kier alpha value is -2.55. The molecule has 0 amide bonds. The van der Waals surface area contributed by atoms with Crippen LogP contribution in [0.4, 0.5) is 18.9 Å². The van der Waals surface area contributed by atoms with Gasteiger partial charge in [-0.1, -0.05) is 6.07 Å². The number of halogens is 3. The number of alkyl halides is 3. The average Bonchev–Trinajstić information content (AvgIpc) is 2.37. The Kier molecular flexibility index (Phi) is 3.13. The topological polar surface area (TPSA) is 62.7 Å². The third-order valence-corrected chi connectivity index (χ3v) is 2.53. The minimum absolute atomic E-state index is 0.222. The van der Waals surface area contributed by atoms with E-state index in [0.29, 0.717) is 11.3 Å².